The molecule has 0 spiro atoms. The number of carbonyl (C=O) groups excluding carboxylic acids is 1. The molecule has 0 bridgehead atoms. The van der Waals surface area contributed by atoms with E-state index in [0.717, 1.165) is 42.8 Å². The molecular weight excluding hydrogens is 352 g/mol. The van der Waals surface area contributed by atoms with Gasteiger partial charge in [0.25, 0.3) is 0 Å². The number of likely N-dealkylation sites (tertiary alicyclic amines) is 1. The number of hydrogen-bond donors (Lipinski definition) is 2. The van der Waals surface area contributed by atoms with Gasteiger partial charge in [-0.1, -0.05) is 30.3 Å². The van der Waals surface area contributed by atoms with Gasteiger partial charge in [0, 0.05) is 37.6 Å². The molecule has 3 heterocycles. The van der Waals surface area contributed by atoms with E-state index in [4.69, 9.17) is 0 Å². The van der Waals surface area contributed by atoms with Crippen LogP contribution < -0.4 is 5.32 Å². The average molecular weight is 378 g/mol. The summed E-state index contributed by atoms with van der Waals surface area (Å²) < 4.78 is 1.76. The Hall–Kier alpha value is -3.09. The number of aryl methyl sites for hydroxylation is 2. The van der Waals surface area contributed by atoms with Crippen LogP contribution >= 0.6 is 0 Å². The van der Waals surface area contributed by atoms with Crippen LogP contribution in [-0.4, -0.2) is 44.0 Å². The fraction of sp³-hybridized carbons (Fsp3) is 0.381. The summed E-state index contributed by atoms with van der Waals surface area (Å²) >= 11 is 0. The minimum absolute atomic E-state index is 0.0277. The van der Waals surface area contributed by atoms with E-state index in [1.165, 1.54) is 5.56 Å². The summed E-state index contributed by atoms with van der Waals surface area (Å²) in [4.78, 5) is 14.9. The highest BCUT2D eigenvalue weighted by molar-refractivity contribution is 5.75. The Morgan fingerprint density at radius 3 is 2.54 bits per heavy atom. The van der Waals surface area contributed by atoms with Gasteiger partial charge in [-0.15, -0.1) is 0 Å². The van der Waals surface area contributed by atoms with Crippen LogP contribution in [0.3, 0.4) is 0 Å². The molecular formula is C21H26N6O. The molecule has 4 rings (SSSR count). The van der Waals surface area contributed by atoms with Gasteiger partial charge in [-0.25, -0.2) is 4.79 Å². The van der Waals surface area contributed by atoms with Crippen LogP contribution in [0.1, 0.15) is 47.2 Å². The molecule has 0 aliphatic carbocycles. The zero-order chi connectivity index (χ0) is 19.5. The number of nitrogens with zero attached hydrogens (tertiary/aromatic N) is 4. The van der Waals surface area contributed by atoms with E-state index in [2.05, 4.69) is 27.5 Å². The molecule has 1 fully saturated rings. The number of rotatable bonds is 4. The lowest BCUT2D eigenvalue weighted by Crippen LogP contribution is -2.45. The van der Waals surface area contributed by atoms with Crippen LogP contribution in [0.2, 0.25) is 0 Å². The van der Waals surface area contributed by atoms with Crippen molar-refractivity contribution in [1.82, 2.24) is 30.2 Å². The van der Waals surface area contributed by atoms with E-state index < -0.39 is 0 Å². The molecule has 2 N–H and O–H groups in total. The lowest BCUT2D eigenvalue weighted by molar-refractivity contribution is 0.179. The van der Waals surface area contributed by atoms with Crippen LogP contribution in [0.25, 0.3) is 0 Å². The van der Waals surface area contributed by atoms with Gasteiger partial charge in [0.1, 0.15) is 0 Å². The zero-order valence-corrected chi connectivity index (χ0v) is 16.3. The first kappa shape index (κ1) is 18.3. The predicted octanol–water partition coefficient (Wildman–Crippen LogP) is 3.13. The Balaban J connectivity index is 1.44. The van der Waals surface area contributed by atoms with Crippen LogP contribution in [0, 0.1) is 6.92 Å². The van der Waals surface area contributed by atoms with Crippen LogP contribution in [0.15, 0.2) is 48.9 Å². The molecule has 1 aliphatic rings. The van der Waals surface area contributed by atoms with Gasteiger partial charge in [-0.05, 0) is 36.8 Å². The third-order valence-corrected chi connectivity index (χ3v) is 5.55. The maximum absolute atomic E-state index is 13.0. The maximum Gasteiger partial charge on any atom is 0.318 e. The Kier molecular flexibility index (Phi) is 5.14. The number of H-pyrrole nitrogens is 1. The molecule has 7 heteroatoms. The molecule has 28 heavy (non-hydrogen) atoms. The minimum Gasteiger partial charge on any atom is -0.327 e. The van der Waals surface area contributed by atoms with Crippen molar-refractivity contribution in [3.63, 3.8) is 0 Å². The average Bonchev–Trinajstić information content (AvgIpc) is 3.35. The number of piperidine rings is 1. The van der Waals surface area contributed by atoms with Gasteiger partial charge < -0.3 is 10.2 Å². The van der Waals surface area contributed by atoms with Gasteiger partial charge in [0.15, 0.2) is 0 Å². The van der Waals surface area contributed by atoms with Crippen molar-refractivity contribution < 1.29 is 4.79 Å². The first-order chi connectivity index (χ1) is 13.6. The monoisotopic (exact) mass is 378 g/mol. The largest absolute Gasteiger partial charge is 0.327 e. The maximum atomic E-state index is 13.0. The Labute approximate surface area is 164 Å². The summed E-state index contributed by atoms with van der Waals surface area (Å²) in [6, 6.07) is 9.79. The third-order valence-electron chi connectivity index (χ3n) is 5.55. The highest BCUT2D eigenvalue weighted by Gasteiger charge is 2.27. The summed E-state index contributed by atoms with van der Waals surface area (Å²) in [7, 11) is 1.88. The normalized spacial score (nSPS) is 16.1. The van der Waals surface area contributed by atoms with Crippen LogP contribution in [-0.2, 0) is 7.05 Å². The highest BCUT2D eigenvalue weighted by Crippen LogP contribution is 2.29. The molecule has 1 saturated heterocycles. The number of amides is 2. The van der Waals surface area contributed by atoms with Crippen molar-refractivity contribution in [2.24, 2.45) is 7.05 Å². The highest BCUT2D eigenvalue weighted by atomic mass is 16.2. The summed E-state index contributed by atoms with van der Waals surface area (Å²) in [5.74, 6) is 0.464. The van der Waals surface area contributed by atoms with Crippen molar-refractivity contribution in [3.8, 4) is 0 Å². The third kappa shape index (κ3) is 3.78. The van der Waals surface area contributed by atoms with Gasteiger partial charge >= 0.3 is 6.03 Å². The Bertz CT molecular complexity index is 923. The summed E-state index contributed by atoms with van der Waals surface area (Å²) in [6.07, 6.45) is 7.59. The van der Waals surface area contributed by atoms with Gasteiger partial charge in [-0.3, -0.25) is 9.78 Å². The second kappa shape index (κ2) is 7.88. The molecule has 3 aromatic rings. The molecule has 0 radical (unpaired) electrons. The lowest BCUT2D eigenvalue weighted by Gasteiger charge is -2.33. The molecule has 1 unspecified atom stereocenters. The minimum atomic E-state index is -0.212. The van der Waals surface area contributed by atoms with Crippen molar-refractivity contribution in [1.29, 1.82) is 0 Å². The van der Waals surface area contributed by atoms with E-state index in [-0.39, 0.29) is 12.1 Å². The quantitative estimate of drug-likeness (QED) is 0.732. The first-order valence-electron chi connectivity index (χ1n) is 9.70. The number of carbonyl (C=O) groups is 1. The fourth-order valence-corrected chi connectivity index (χ4v) is 3.97. The number of hydrogen-bond acceptors (Lipinski definition) is 3. The Morgan fingerprint density at radius 1 is 1.18 bits per heavy atom. The van der Waals surface area contributed by atoms with Crippen molar-refractivity contribution in [3.05, 3.63) is 71.3 Å². The summed E-state index contributed by atoms with van der Waals surface area (Å²) in [6.45, 7) is 3.55. The predicted molar refractivity (Wildman–Crippen MR) is 107 cm³/mol. The second-order valence-electron chi connectivity index (χ2n) is 7.45. The lowest BCUT2D eigenvalue weighted by atomic mass is 9.90. The van der Waals surface area contributed by atoms with Gasteiger partial charge in [0.05, 0.1) is 18.4 Å². The standard InChI is InChI=1S/C21H26N6O/c1-15-19(13-22-25-15)16-8-10-27(11-9-16)21(28)24-20(17-6-4-3-5-7-17)18-12-23-26(2)14-18/h3-7,12-14,16,20H,8-11H2,1-2H3,(H,22,25)(H,24,28). The van der Waals surface area contributed by atoms with E-state index >= 15 is 0 Å². The molecule has 1 atom stereocenters. The first-order valence-corrected chi connectivity index (χ1v) is 9.70. The number of nitrogens with one attached hydrogen (secondary N) is 2. The number of aromatic amines is 1. The number of urea groups is 1. The topological polar surface area (TPSA) is 78.8 Å². The van der Waals surface area contributed by atoms with E-state index in [9.17, 15) is 4.79 Å². The molecule has 146 valence electrons. The van der Waals surface area contributed by atoms with Crippen molar-refractivity contribution >= 4 is 6.03 Å². The Morgan fingerprint density at radius 2 is 1.93 bits per heavy atom. The SMILES string of the molecule is Cc1[nH]ncc1C1CCN(C(=O)NC(c2ccccc2)c2cnn(C)c2)CC1. The summed E-state index contributed by atoms with van der Waals surface area (Å²) in [5.41, 5.74) is 4.43. The zero-order valence-electron chi connectivity index (χ0n) is 16.3. The van der Waals surface area contributed by atoms with E-state index in [0.29, 0.717) is 5.92 Å². The van der Waals surface area contributed by atoms with E-state index in [1.54, 1.807) is 4.68 Å². The van der Waals surface area contributed by atoms with Crippen LogP contribution in [0.5, 0.6) is 0 Å². The van der Waals surface area contributed by atoms with Crippen LogP contribution in [0.4, 0.5) is 4.79 Å². The molecule has 2 amide bonds. The molecule has 1 aromatic carbocycles. The van der Waals surface area contributed by atoms with Crippen molar-refractivity contribution in [2.75, 3.05) is 13.1 Å². The molecule has 1 aliphatic heterocycles. The molecule has 7 nitrogen and oxygen atoms in total. The fourth-order valence-electron chi connectivity index (χ4n) is 3.97. The smallest absolute Gasteiger partial charge is 0.318 e. The van der Waals surface area contributed by atoms with Crippen molar-refractivity contribution in [2.45, 2.75) is 31.7 Å². The number of benzene rings is 1. The molecule has 0 saturated carbocycles. The van der Waals surface area contributed by atoms with Gasteiger partial charge in [0.2, 0.25) is 0 Å². The number of aromatic nitrogens is 4. The van der Waals surface area contributed by atoms with E-state index in [1.807, 2.05) is 60.9 Å². The van der Waals surface area contributed by atoms with Gasteiger partial charge in [-0.2, -0.15) is 10.2 Å². The summed E-state index contributed by atoms with van der Waals surface area (Å²) in [5, 5.41) is 14.6. The second-order valence-corrected chi connectivity index (χ2v) is 7.45. The molecule has 2 aromatic heterocycles.